The third kappa shape index (κ3) is 3.34. The van der Waals surface area contributed by atoms with Crippen LogP contribution in [0.15, 0.2) is 12.2 Å². The van der Waals surface area contributed by atoms with E-state index in [4.69, 9.17) is 0 Å². The van der Waals surface area contributed by atoms with Crippen LogP contribution in [0, 0.1) is 0 Å². The van der Waals surface area contributed by atoms with Gasteiger partial charge in [0.2, 0.25) is 5.91 Å². The number of hydrogen-bond donors (Lipinski definition) is 1. The van der Waals surface area contributed by atoms with E-state index in [0.29, 0.717) is 0 Å². The maximum absolute atomic E-state index is 12.6. The first-order chi connectivity index (χ1) is 7.33. The second-order valence-electron chi connectivity index (χ2n) is 3.24. The summed E-state index contributed by atoms with van der Waals surface area (Å²) in [5, 5.41) is 1.23. The Balaban J connectivity index is 4.80. The van der Waals surface area contributed by atoms with Crippen LogP contribution in [0.2, 0.25) is 0 Å². The summed E-state index contributed by atoms with van der Waals surface area (Å²) < 4.78 is 84.8. The Kier molecular flexibility index (Phi) is 4.19. The molecule has 0 aliphatic rings. The zero-order valence-electron chi connectivity index (χ0n) is 8.47. The summed E-state index contributed by atoms with van der Waals surface area (Å²) in [5.74, 6) is -12.9. The summed E-state index contributed by atoms with van der Waals surface area (Å²) in [6, 6.07) is 0. The van der Waals surface area contributed by atoms with Gasteiger partial charge in [0.05, 0.1) is 6.54 Å². The summed E-state index contributed by atoms with van der Waals surface area (Å²) >= 11 is 0. The van der Waals surface area contributed by atoms with Crippen LogP contribution in [0.1, 0.15) is 6.92 Å². The third-order valence-electron chi connectivity index (χ3n) is 1.67. The molecular formula is C8H8F7NO. The van der Waals surface area contributed by atoms with Crippen molar-refractivity contribution in [3.63, 3.8) is 0 Å². The van der Waals surface area contributed by atoms with Crippen molar-refractivity contribution in [2.75, 3.05) is 6.54 Å². The van der Waals surface area contributed by atoms with Crippen LogP contribution in [-0.4, -0.2) is 30.5 Å². The lowest BCUT2D eigenvalue weighted by Crippen LogP contribution is -2.56. The Morgan fingerprint density at radius 1 is 1.12 bits per heavy atom. The van der Waals surface area contributed by atoms with E-state index in [2.05, 4.69) is 6.58 Å². The number of halogens is 7. The molecule has 0 aromatic heterocycles. The van der Waals surface area contributed by atoms with Crippen LogP contribution in [0.4, 0.5) is 30.7 Å². The van der Waals surface area contributed by atoms with Gasteiger partial charge in [-0.05, 0) is 6.92 Å². The third-order valence-corrected chi connectivity index (χ3v) is 1.67. The molecule has 0 rings (SSSR count). The molecular weight excluding hydrogens is 259 g/mol. The number of hydrogen-bond acceptors (Lipinski definition) is 1. The fraction of sp³-hybridized carbons (Fsp3) is 0.625. The van der Waals surface area contributed by atoms with Gasteiger partial charge in [0.15, 0.2) is 0 Å². The molecule has 0 spiro atoms. The van der Waals surface area contributed by atoms with Gasteiger partial charge in [-0.3, -0.25) is 4.79 Å². The highest BCUT2D eigenvalue weighted by molar-refractivity contribution is 5.92. The second kappa shape index (κ2) is 4.53. The number of rotatable bonds is 4. The van der Waals surface area contributed by atoms with Crippen molar-refractivity contribution in [3.05, 3.63) is 12.2 Å². The zero-order valence-corrected chi connectivity index (χ0v) is 8.47. The molecule has 0 aromatic rings. The molecule has 0 fully saturated rings. The maximum atomic E-state index is 12.6. The lowest BCUT2D eigenvalue weighted by Gasteiger charge is -2.28. The molecule has 0 aromatic carbocycles. The van der Waals surface area contributed by atoms with E-state index in [1.807, 2.05) is 0 Å². The molecule has 1 N–H and O–H groups in total. The van der Waals surface area contributed by atoms with E-state index in [-0.39, 0.29) is 5.57 Å². The molecule has 0 radical (unpaired) electrons. The van der Waals surface area contributed by atoms with Crippen LogP contribution >= 0.6 is 0 Å². The number of alkyl halides is 7. The predicted octanol–water partition coefficient (Wildman–Crippen LogP) is 2.51. The van der Waals surface area contributed by atoms with Gasteiger partial charge in [-0.2, -0.15) is 30.7 Å². The Labute approximate surface area is 91.5 Å². The molecule has 0 saturated heterocycles. The summed E-state index contributed by atoms with van der Waals surface area (Å²) in [6.45, 7) is 1.95. The number of carbonyl (C=O) groups is 1. The van der Waals surface area contributed by atoms with E-state index in [9.17, 15) is 35.5 Å². The highest BCUT2D eigenvalue weighted by atomic mass is 19.4. The first kappa shape index (κ1) is 15.7. The highest BCUT2D eigenvalue weighted by Gasteiger charge is 2.72. The summed E-state index contributed by atoms with van der Waals surface area (Å²) in [6.07, 6.45) is -6.40. The Hall–Kier alpha value is -1.28. The number of amides is 1. The first-order valence-corrected chi connectivity index (χ1v) is 4.09. The minimum atomic E-state index is -6.40. The van der Waals surface area contributed by atoms with Crippen molar-refractivity contribution >= 4 is 5.91 Å². The van der Waals surface area contributed by atoms with E-state index < -0.39 is 30.5 Å². The molecule has 9 heteroatoms. The minimum absolute atomic E-state index is 0.295. The van der Waals surface area contributed by atoms with Crippen molar-refractivity contribution in [1.29, 1.82) is 0 Å². The van der Waals surface area contributed by atoms with E-state index in [1.165, 1.54) is 5.32 Å². The molecule has 100 valence electrons. The van der Waals surface area contributed by atoms with Crippen LogP contribution in [0.25, 0.3) is 0 Å². The topological polar surface area (TPSA) is 29.1 Å². The normalized spacial score (nSPS) is 13.4. The highest BCUT2D eigenvalue weighted by Crippen LogP contribution is 2.46. The van der Waals surface area contributed by atoms with E-state index in [1.54, 1.807) is 0 Å². The van der Waals surface area contributed by atoms with Crippen LogP contribution < -0.4 is 5.32 Å². The molecule has 0 bridgehead atoms. The molecule has 0 heterocycles. The van der Waals surface area contributed by atoms with Gasteiger partial charge in [0.1, 0.15) is 0 Å². The van der Waals surface area contributed by atoms with Crippen LogP contribution in [0.5, 0.6) is 0 Å². The van der Waals surface area contributed by atoms with Gasteiger partial charge in [0, 0.05) is 5.57 Å². The molecule has 0 aliphatic carbocycles. The standard InChI is InChI=1S/C8H8F7NO/c1-4(2)5(17)16-3-6(9,10)7(11,12)8(13,14)15/h1,3H2,2H3,(H,16,17). The van der Waals surface area contributed by atoms with Crippen LogP contribution in [0.3, 0.4) is 0 Å². The van der Waals surface area contributed by atoms with Gasteiger partial charge >= 0.3 is 18.0 Å². The van der Waals surface area contributed by atoms with Crippen molar-refractivity contribution in [2.24, 2.45) is 0 Å². The quantitative estimate of drug-likeness (QED) is 0.615. The molecule has 0 atom stereocenters. The first-order valence-electron chi connectivity index (χ1n) is 4.09. The molecule has 0 saturated carbocycles. The predicted molar refractivity (Wildman–Crippen MR) is 43.8 cm³/mol. The van der Waals surface area contributed by atoms with Gasteiger partial charge in [-0.15, -0.1) is 0 Å². The smallest absolute Gasteiger partial charge is 0.346 e. The minimum Gasteiger partial charge on any atom is -0.346 e. The maximum Gasteiger partial charge on any atom is 0.459 e. The Morgan fingerprint density at radius 2 is 1.53 bits per heavy atom. The summed E-state index contributed by atoms with van der Waals surface area (Å²) in [7, 11) is 0. The van der Waals surface area contributed by atoms with Crippen LogP contribution in [-0.2, 0) is 4.79 Å². The number of carbonyl (C=O) groups excluding carboxylic acids is 1. The van der Waals surface area contributed by atoms with Gasteiger partial charge < -0.3 is 5.32 Å². The van der Waals surface area contributed by atoms with Gasteiger partial charge in [-0.25, -0.2) is 0 Å². The van der Waals surface area contributed by atoms with E-state index >= 15 is 0 Å². The summed E-state index contributed by atoms with van der Waals surface area (Å²) in [4.78, 5) is 10.7. The molecule has 17 heavy (non-hydrogen) atoms. The van der Waals surface area contributed by atoms with Crippen molar-refractivity contribution in [1.82, 2.24) is 5.32 Å². The fourth-order valence-corrected chi connectivity index (χ4v) is 0.661. The SMILES string of the molecule is C=C(C)C(=O)NCC(F)(F)C(F)(F)C(F)(F)F. The van der Waals surface area contributed by atoms with Crippen molar-refractivity contribution in [2.45, 2.75) is 24.9 Å². The lowest BCUT2D eigenvalue weighted by atomic mass is 10.1. The fourth-order valence-electron chi connectivity index (χ4n) is 0.661. The monoisotopic (exact) mass is 267 g/mol. The molecule has 2 nitrogen and oxygen atoms in total. The van der Waals surface area contributed by atoms with Gasteiger partial charge in [-0.1, -0.05) is 6.58 Å². The van der Waals surface area contributed by atoms with Gasteiger partial charge in [0.25, 0.3) is 0 Å². The Bertz CT molecular complexity index is 320. The summed E-state index contributed by atoms with van der Waals surface area (Å²) in [5.41, 5.74) is -0.295. The number of nitrogens with one attached hydrogen (secondary N) is 1. The average Bonchev–Trinajstić information content (AvgIpc) is 2.11. The molecule has 0 aliphatic heterocycles. The average molecular weight is 267 g/mol. The molecule has 0 unspecified atom stereocenters. The lowest BCUT2D eigenvalue weighted by molar-refractivity contribution is -0.352. The largest absolute Gasteiger partial charge is 0.459 e. The van der Waals surface area contributed by atoms with Crippen molar-refractivity contribution < 1.29 is 35.5 Å². The second-order valence-corrected chi connectivity index (χ2v) is 3.24. The van der Waals surface area contributed by atoms with Crippen molar-refractivity contribution in [3.8, 4) is 0 Å². The molecule has 1 amide bonds. The van der Waals surface area contributed by atoms with E-state index in [0.717, 1.165) is 6.92 Å². The zero-order chi connectivity index (χ0) is 14.1. The Morgan fingerprint density at radius 3 is 1.82 bits per heavy atom.